The summed E-state index contributed by atoms with van der Waals surface area (Å²) in [5.41, 5.74) is 2.34. The van der Waals surface area contributed by atoms with E-state index in [-0.39, 0.29) is 0 Å². The largest absolute Gasteiger partial charge is 0.496 e. The van der Waals surface area contributed by atoms with Crippen molar-refractivity contribution in [2.24, 2.45) is 5.92 Å². The van der Waals surface area contributed by atoms with E-state index in [9.17, 15) is 0 Å². The smallest absolute Gasteiger partial charge is 0.124 e. The van der Waals surface area contributed by atoms with Crippen molar-refractivity contribution < 1.29 is 14.6 Å². The maximum atomic E-state index is 9.13. The van der Waals surface area contributed by atoms with E-state index in [1.165, 1.54) is 5.56 Å². The maximum absolute atomic E-state index is 9.13. The van der Waals surface area contributed by atoms with Crippen LogP contribution in [0.1, 0.15) is 36.8 Å². The molecule has 1 fully saturated rings. The van der Waals surface area contributed by atoms with E-state index >= 15 is 0 Å². The van der Waals surface area contributed by atoms with Gasteiger partial charge in [0.2, 0.25) is 0 Å². The van der Waals surface area contributed by atoms with Gasteiger partial charge in [-0.15, -0.1) is 0 Å². The first-order chi connectivity index (χ1) is 9.22. The van der Waals surface area contributed by atoms with Crippen LogP contribution in [-0.2, 0) is 11.3 Å². The fourth-order valence-electron chi connectivity index (χ4n) is 2.71. The Bertz CT molecular complexity index is 395. The molecule has 1 aliphatic rings. The fourth-order valence-corrected chi connectivity index (χ4v) is 2.71. The number of hydrogen-bond donors (Lipinski definition) is 1. The zero-order chi connectivity index (χ0) is 13.7. The van der Waals surface area contributed by atoms with Gasteiger partial charge in [0.15, 0.2) is 0 Å². The van der Waals surface area contributed by atoms with E-state index in [0.717, 1.165) is 37.0 Å². The molecule has 0 atom stereocenters. The molecular formula is C16H24O3. The standard InChI is InChI=1S/C16H24O3/c1-12-3-8-16(18-2)14(9-12)11-19-15-6-4-13(10-17)5-7-15/h3,8-9,13,15,17H,4-7,10-11H2,1-2H3. The third-order valence-corrected chi connectivity index (χ3v) is 3.96. The lowest BCUT2D eigenvalue weighted by molar-refractivity contribution is 0.000526. The van der Waals surface area contributed by atoms with Gasteiger partial charge in [-0.25, -0.2) is 0 Å². The minimum absolute atomic E-state index is 0.318. The molecule has 0 unspecified atom stereocenters. The van der Waals surface area contributed by atoms with Crippen molar-refractivity contribution in [1.82, 2.24) is 0 Å². The van der Waals surface area contributed by atoms with Crippen molar-refractivity contribution >= 4 is 0 Å². The van der Waals surface area contributed by atoms with E-state index in [2.05, 4.69) is 19.1 Å². The summed E-state index contributed by atoms with van der Waals surface area (Å²) in [5, 5.41) is 9.13. The van der Waals surface area contributed by atoms with Crippen molar-refractivity contribution in [1.29, 1.82) is 0 Å². The lowest BCUT2D eigenvalue weighted by Gasteiger charge is -2.27. The van der Waals surface area contributed by atoms with Crippen LogP contribution < -0.4 is 4.74 Å². The summed E-state index contributed by atoms with van der Waals surface area (Å²) in [4.78, 5) is 0. The number of ether oxygens (including phenoxy) is 2. The SMILES string of the molecule is COc1ccc(C)cc1COC1CCC(CO)CC1. The number of aliphatic hydroxyl groups is 1. The Balaban J connectivity index is 1.87. The first-order valence-corrected chi connectivity index (χ1v) is 7.09. The number of aryl methyl sites for hydroxylation is 1. The van der Waals surface area contributed by atoms with Crippen LogP contribution in [0.15, 0.2) is 18.2 Å². The fraction of sp³-hybridized carbons (Fsp3) is 0.625. The molecule has 3 nitrogen and oxygen atoms in total. The molecule has 1 aliphatic carbocycles. The van der Waals surface area contributed by atoms with Crippen molar-refractivity contribution in [3.63, 3.8) is 0 Å². The van der Waals surface area contributed by atoms with Crippen LogP contribution in [0.25, 0.3) is 0 Å². The predicted octanol–water partition coefficient (Wildman–Crippen LogP) is 3.07. The van der Waals surface area contributed by atoms with Crippen LogP contribution in [0.2, 0.25) is 0 Å². The van der Waals surface area contributed by atoms with Gasteiger partial charge >= 0.3 is 0 Å². The van der Waals surface area contributed by atoms with Crippen molar-refractivity contribution in [3.8, 4) is 5.75 Å². The summed E-state index contributed by atoms with van der Waals surface area (Å²) in [6.07, 6.45) is 4.59. The van der Waals surface area contributed by atoms with Gasteiger partial charge in [0.25, 0.3) is 0 Å². The van der Waals surface area contributed by atoms with Gasteiger partial charge in [-0.3, -0.25) is 0 Å². The molecule has 0 aliphatic heterocycles. The predicted molar refractivity (Wildman–Crippen MR) is 75.4 cm³/mol. The van der Waals surface area contributed by atoms with Gasteiger partial charge in [-0.2, -0.15) is 0 Å². The Morgan fingerprint density at radius 2 is 1.95 bits per heavy atom. The van der Waals surface area contributed by atoms with Gasteiger partial charge in [0.05, 0.1) is 19.8 Å². The average Bonchev–Trinajstić information content (AvgIpc) is 2.46. The molecule has 3 heteroatoms. The molecule has 0 spiro atoms. The molecule has 0 heterocycles. The quantitative estimate of drug-likeness (QED) is 0.888. The molecular weight excluding hydrogens is 240 g/mol. The van der Waals surface area contributed by atoms with Crippen LogP contribution in [0, 0.1) is 12.8 Å². The van der Waals surface area contributed by atoms with Gasteiger partial charge in [0, 0.05) is 12.2 Å². The van der Waals surface area contributed by atoms with E-state index in [4.69, 9.17) is 14.6 Å². The van der Waals surface area contributed by atoms with Crippen molar-refractivity contribution in [2.45, 2.75) is 45.3 Å². The number of rotatable bonds is 5. The lowest BCUT2D eigenvalue weighted by atomic mass is 9.88. The second-order valence-electron chi connectivity index (χ2n) is 5.45. The number of aliphatic hydroxyl groups excluding tert-OH is 1. The van der Waals surface area contributed by atoms with Gasteiger partial charge in [-0.1, -0.05) is 17.7 Å². The Labute approximate surface area is 115 Å². The molecule has 0 amide bonds. The molecule has 2 rings (SSSR count). The van der Waals surface area contributed by atoms with Crippen molar-refractivity contribution in [2.75, 3.05) is 13.7 Å². The molecule has 0 saturated heterocycles. The highest BCUT2D eigenvalue weighted by Crippen LogP contribution is 2.28. The highest BCUT2D eigenvalue weighted by Gasteiger charge is 2.21. The lowest BCUT2D eigenvalue weighted by Crippen LogP contribution is -2.23. The molecule has 0 aromatic heterocycles. The zero-order valence-corrected chi connectivity index (χ0v) is 11.9. The molecule has 1 saturated carbocycles. The number of benzene rings is 1. The Hall–Kier alpha value is -1.06. The molecule has 106 valence electrons. The monoisotopic (exact) mass is 264 g/mol. The van der Waals surface area contributed by atoms with Crippen LogP contribution in [0.4, 0.5) is 0 Å². The summed E-state index contributed by atoms with van der Waals surface area (Å²) in [6.45, 7) is 3.01. The van der Waals surface area contributed by atoms with Gasteiger partial charge in [-0.05, 0) is 44.6 Å². The first kappa shape index (κ1) is 14.4. The first-order valence-electron chi connectivity index (χ1n) is 7.09. The summed E-state index contributed by atoms with van der Waals surface area (Å²) in [6, 6.07) is 6.17. The summed E-state index contributed by atoms with van der Waals surface area (Å²) in [7, 11) is 1.70. The van der Waals surface area contributed by atoms with Gasteiger partial charge < -0.3 is 14.6 Å². The van der Waals surface area contributed by atoms with E-state index in [1.807, 2.05) is 6.07 Å². The van der Waals surface area contributed by atoms with Crippen LogP contribution >= 0.6 is 0 Å². The molecule has 19 heavy (non-hydrogen) atoms. The highest BCUT2D eigenvalue weighted by atomic mass is 16.5. The second kappa shape index (κ2) is 6.92. The summed E-state index contributed by atoms with van der Waals surface area (Å²) >= 11 is 0. The number of methoxy groups -OCH3 is 1. The van der Waals surface area contributed by atoms with E-state index in [1.54, 1.807) is 7.11 Å². The van der Waals surface area contributed by atoms with Crippen LogP contribution in [0.5, 0.6) is 5.75 Å². The highest BCUT2D eigenvalue weighted by molar-refractivity contribution is 5.36. The molecule has 1 aromatic rings. The van der Waals surface area contributed by atoms with E-state index < -0.39 is 0 Å². The van der Waals surface area contributed by atoms with Crippen molar-refractivity contribution in [3.05, 3.63) is 29.3 Å². The molecule has 0 radical (unpaired) electrons. The minimum atomic E-state index is 0.318. The third-order valence-electron chi connectivity index (χ3n) is 3.96. The van der Waals surface area contributed by atoms with Gasteiger partial charge in [0.1, 0.15) is 5.75 Å². The minimum Gasteiger partial charge on any atom is -0.496 e. The number of hydrogen-bond acceptors (Lipinski definition) is 3. The Morgan fingerprint density at radius 1 is 1.21 bits per heavy atom. The van der Waals surface area contributed by atoms with Crippen LogP contribution in [-0.4, -0.2) is 24.9 Å². The normalized spacial score (nSPS) is 23.3. The topological polar surface area (TPSA) is 38.7 Å². The second-order valence-corrected chi connectivity index (χ2v) is 5.45. The summed E-state index contributed by atoms with van der Waals surface area (Å²) < 4.78 is 11.4. The van der Waals surface area contributed by atoms with E-state index in [0.29, 0.717) is 25.2 Å². The Morgan fingerprint density at radius 3 is 2.58 bits per heavy atom. The third kappa shape index (κ3) is 3.95. The summed E-state index contributed by atoms with van der Waals surface area (Å²) in [5.74, 6) is 1.38. The van der Waals surface area contributed by atoms with Crippen LogP contribution in [0.3, 0.4) is 0 Å². The molecule has 1 aromatic carbocycles. The zero-order valence-electron chi connectivity index (χ0n) is 11.9. The Kier molecular flexibility index (Phi) is 5.23. The average molecular weight is 264 g/mol. The molecule has 0 bridgehead atoms. The molecule has 1 N–H and O–H groups in total. The maximum Gasteiger partial charge on any atom is 0.124 e.